The van der Waals surface area contributed by atoms with Gasteiger partial charge in [0.05, 0.1) is 17.1 Å². The highest BCUT2D eigenvalue weighted by Crippen LogP contribution is 2.43. The fourth-order valence-electron chi connectivity index (χ4n) is 4.90. The van der Waals surface area contributed by atoms with Gasteiger partial charge in [-0.15, -0.1) is 0 Å². The third kappa shape index (κ3) is 4.85. The second-order valence-electron chi connectivity index (χ2n) is 9.54. The predicted molar refractivity (Wildman–Crippen MR) is 150 cm³/mol. The summed E-state index contributed by atoms with van der Waals surface area (Å²) in [5.74, 6) is 0.872. The maximum absolute atomic E-state index is 14.1. The van der Waals surface area contributed by atoms with Crippen molar-refractivity contribution in [3.63, 3.8) is 0 Å². The number of amides is 2. The first-order valence-corrected chi connectivity index (χ1v) is 13.8. The molecule has 4 aromatic rings. The lowest BCUT2D eigenvalue weighted by molar-refractivity contribution is -0.126. The summed E-state index contributed by atoms with van der Waals surface area (Å²) in [6.45, 7) is 5.14. The van der Waals surface area contributed by atoms with E-state index in [-0.39, 0.29) is 17.6 Å². The smallest absolute Gasteiger partial charge is 0.248 e. The van der Waals surface area contributed by atoms with E-state index in [9.17, 15) is 9.59 Å². The number of rotatable bonds is 5. The van der Waals surface area contributed by atoms with Crippen LogP contribution in [0, 0.1) is 13.8 Å². The highest BCUT2D eigenvalue weighted by molar-refractivity contribution is 8.00. The first-order chi connectivity index (χ1) is 19.0. The van der Waals surface area contributed by atoms with Gasteiger partial charge >= 0.3 is 0 Å². The molecule has 0 radical (unpaired) electrons. The molecule has 2 amide bonds. The number of benzene rings is 3. The van der Waals surface area contributed by atoms with Crippen LogP contribution in [0.4, 0.5) is 5.69 Å². The third-order valence-electron chi connectivity index (χ3n) is 6.84. The van der Waals surface area contributed by atoms with Crippen LogP contribution in [0.25, 0.3) is 5.69 Å². The van der Waals surface area contributed by atoms with E-state index in [2.05, 4.69) is 5.32 Å². The molecule has 198 valence electrons. The van der Waals surface area contributed by atoms with Crippen molar-refractivity contribution in [1.29, 1.82) is 0 Å². The van der Waals surface area contributed by atoms with Crippen LogP contribution >= 0.6 is 11.8 Å². The molecule has 1 N–H and O–H groups in total. The lowest BCUT2D eigenvalue weighted by Crippen LogP contribution is -2.44. The maximum atomic E-state index is 14.1. The predicted octanol–water partition coefficient (Wildman–Crippen LogP) is 4.76. The number of thioether (sulfide) groups is 1. The van der Waals surface area contributed by atoms with Gasteiger partial charge < -0.3 is 14.8 Å². The summed E-state index contributed by atoms with van der Waals surface area (Å²) < 4.78 is 13.3. The van der Waals surface area contributed by atoms with Crippen LogP contribution in [0.5, 0.6) is 11.5 Å². The molecule has 0 bridgehead atoms. The number of fused-ring (bicyclic) bond motifs is 2. The molecule has 39 heavy (non-hydrogen) atoms. The minimum Gasteiger partial charge on any atom is -0.486 e. The van der Waals surface area contributed by atoms with Gasteiger partial charge in [-0.1, -0.05) is 59.8 Å². The molecule has 0 saturated carbocycles. The lowest BCUT2D eigenvalue weighted by atomic mass is 10.0. The van der Waals surface area contributed by atoms with Crippen LogP contribution in [0.2, 0.25) is 0 Å². The summed E-state index contributed by atoms with van der Waals surface area (Å²) in [7, 11) is 0. The van der Waals surface area contributed by atoms with Crippen LogP contribution in [0.1, 0.15) is 28.4 Å². The van der Waals surface area contributed by atoms with E-state index in [0.717, 1.165) is 21.8 Å². The first kappa shape index (κ1) is 25.1. The summed E-state index contributed by atoms with van der Waals surface area (Å²) in [6, 6.07) is 22.2. The third-order valence-corrected chi connectivity index (χ3v) is 7.89. The number of hydrogen-bond donors (Lipinski definition) is 1. The highest BCUT2D eigenvalue weighted by atomic mass is 32.2. The Labute approximate surface area is 230 Å². The Morgan fingerprint density at radius 1 is 0.974 bits per heavy atom. The van der Waals surface area contributed by atoms with Crippen molar-refractivity contribution in [3.8, 4) is 17.2 Å². The van der Waals surface area contributed by atoms with Gasteiger partial charge in [0.1, 0.15) is 24.3 Å². The van der Waals surface area contributed by atoms with Crippen molar-refractivity contribution < 1.29 is 19.1 Å². The van der Waals surface area contributed by atoms with Crippen molar-refractivity contribution in [2.75, 3.05) is 23.9 Å². The number of ether oxygens (including phenoxy) is 2. The SMILES string of the molecule is Cc1ccc(CNC(=O)[C@H]2c3c(C)nn(-c4ccccc4)c3SCC(=O)N2c2ccc3c(c2)OCCO3)cc1. The van der Waals surface area contributed by atoms with Gasteiger partial charge in [0.25, 0.3) is 0 Å². The number of nitrogens with one attached hydrogen (secondary N) is 1. The highest BCUT2D eigenvalue weighted by Gasteiger charge is 2.40. The van der Waals surface area contributed by atoms with Crippen LogP contribution in [0.15, 0.2) is 77.8 Å². The molecular weight excluding hydrogens is 512 g/mol. The number of carbonyl (C=O) groups excluding carboxylic acids is 2. The molecule has 8 nitrogen and oxygen atoms in total. The molecule has 9 heteroatoms. The summed E-state index contributed by atoms with van der Waals surface area (Å²) >= 11 is 1.40. The molecule has 3 aromatic carbocycles. The minimum absolute atomic E-state index is 0.154. The molecule has 3 heterocycles. The number of nitrogens with zero attached hydrogens (tertiary/aromatic N) is 3. The Balaban J connectivity index is 1.45. The maximum Gasteiger partial charge on any atom is 0.248 e. The van der Waals surface area contributed by atoms with Crippen molar-refractivity contribution in [2.24, 2.45) is 0 Å². The molecule has 1 aromatic heterocycles. The average Bonchev–Trinajstić information content (AvgIpc) is 3.20. The van der Waals surface area contributed by atoms with Gasteiger partial charge in [0.2, 0.25) is 11.8 Å². The Bertz CT molecular complexity index is 1530. The zero-order valence-corrected chi connectivity index (χ0v) is 22.5. The average molecular weight is 541 g/mol. The van der Waals surface area contributed by atoms with Crippen molar-refractivity contribution >= 4 is 29.3 Å². The van der Waals surface area contributed by atoms with Crippen LogP contribution in [-0.2, 0) is 16.1 Å². The zero-order chi connectivity index (χ0) is 26.9. The second-order valence-corrected chi connectivity index (χ2v) is 10.5. The number of aromatic nitrogens is 2. The number of carbonyl (C=O) groups is 2. The molecule has 0 aliphatic carbocycles. The molecule has 0 fully saturated rings. The Morgan fingerprint density at radius 2 is 1.72 bits per heavy atom. The molecular formula is C30H28N4O4S. The quantitative estimate of drug-likeness (QED) is 0.393. The largest absolute Gasteiger partial charge is 0.486 e. The number of hydrogen-bond acceptors (Lipinski definition) is 6. The fourth-order valence-corrected chi connectivity index (χ4v) is 5.99. The van der Waals surface area contributed by atoms with Crippen molar-refractivity contribution in [2.45, 2.75) is 31.5 Å². The van der Waals surface area contributed by atoms with Crippen molar-refractivity contribution in [3.05, 3.63) is 95.2 Å². The van der Waals surface area contributed by atoms with Crippen LogP contribution < -0.4 is 19.7 Å². The molecule has 2 aliphatic heterocycles. The second kappa shape index (κ2) is 10.5. The van der Waals surface area contributed by atoms with E-state index in [0.29, 0.717) is 48.2 Å². The number of aryl methyl sites for hydroxylation is 2. The molecule has 2 aliphatic rings. The molecule has 0 spiro atoms. The Hall–Kier alpha value is -4.24. The summed E-state index contributed by atoms with van der Waals surface area (Å²) in [6.07, 6.45) is 0. The topological polar surface area (TPSA) is 85.7 Å². The molecule has 0 unspecified atom stereocenters. The van der Waals surface area contributed by atoms with Gasteiger partial charge in [0.15, 0.2) is 11.5 Å². The number of anilines is 1. The molecule has 1 atom stereocenters. The van der Waals surface area contributed by atoms with Gasteiger partial charge in [0, 0.05) is 23.9 Å². The van der Waals surface area contributed by atoms with Gasteiger partial charge in [-0.05, 0) is 43.7 Å². The van der Waals surface area contributed by atoms with Gasteiger partial charge in [-0.3, -0.25) is 14.5 Å². The fraction of sp³-hybridized carbons (Fsp3) is 0.233. The van der Waals surface area contributed by atoms with E-state index >= 15 is 0 Å². The van der Waals surface area contributed by atoms with E-state index in [1.54, 1.807) is 23.1 Å². The van der Waals surface area contributed by atoms with Gasteiger partial charge in [-0.2, -0.15) is 5.10 Å². The standard InChI is InChI=1S/C30H28N4O4S/c1-19-8-10-21(11-9-19)17-31-29(36)28-27-20(2)32-34(22-6-4-3-5-7-22)30(27)39-18-26(35)33(28)23-12-13-24-25(16-23)38-15-14-37-24/h3-13,16,28H,14-15,17-18H2,1-2H3,(H,31,36)/t28-/m1/s1. The first-order valence-electron chi connectivity index (χ1n) is 12.8. The molecule has 6 rings (SSSR count). The van der Waals surface area contributed by atoms with E-state index < -0.39 is 6.04 Å². The van der Waals surface area contributed by atoms with Gasteiger partial charge in [-0.25, -0.2) is 4.68 Å². The minimum atomic E-state index is -0.923. The van der Waals surface area contributed by atoms with E-state index in [1.165, 1.54) is 11.8 Å². The zero-order valence-electron chi connectivity index (χ0n) is 21.7. The Kier molecular flexibility index (Phi) is 6.74. The Morgan fingerprint density at radius 3 is 2.49 bits per heavy atom. The van der Waals surface area contributed by atoms with E-state index in [1.807, 2.05) is 73.1 Å². The molecule has 0 saturated heterocycles. The summed E-state index contributed by atoms with van der Waals surface area (Å²) in [5.41, 5.74) is 4.97. The summed E-state index contributed by atoms with van der Waals surface area (Å²) in [4.78, 5) is 29.4. The summed E-state index contributed by atoms with van der Waals surface area (Å²) in [5, 5.41) is 8.68. The van der Waals surface area contributed by atoms with Crippen LogP contribution in [-0.4, -0.2) is 40.6 Å². The van der Waals surface area contributed by atoms with Crippen molar-refractivity contribution in [1.82, 2.24) is 15.1 Å². The normalized spacial score (nSPS) is 16.4. The number of para-hydroxylation sites is 1. The van der Waals surface area contributed by atoms with Crippen LogP contribution in [0.3, 0.4) is 0 Å². The van der Waals surface area contributed by atoms with E-state index in [4.69, 9.17) is 14.6 Å². The lowest BCUT2D eigenvalue weighted by Gasteiger charge is -2.30. The monoisotopic (exact) mass is 540 g/mol.